The fourth-order valence-electron chi connectivity index (χ4n) is 4.32. The predicted molar refractivity (Wildman–Crippen MR) is 140 cm³/mol. The third-order valence-corrected chi connectivity index (χ3v) is 6.50. The molecule has 0 radical (unpaired) electrons. The summed E-state index contributed by atoms with van der Waals surface area (Å²) in [6.45, 7) is 10.3. The Bertz CT molecular complexity index is 1360. The molecule has 0 unspecified atom stereocenters. The number of carbonyl (C=O) groups excluding carboxylic acids is 1. The summed E-state index contributed by atoms with van der Waals surface area (Å²) in [5.74, 6) is -0.352. The van der Waals surface area contributed by atoms with E-state index in [0.717, 1.165) is 46.1 Å². The van der Waals surface area contributed by atoms with Crippen molar-refractivity contribution in [3.05, 3.63) is 105 Å². The maximum absolute atomic E-state index is 12.9. The van der Waals surface area contributed by atoms with Crippen molar-refractivity contribution >= 4 is 23.7 Å². The number of nitrogens with zero attached hydrogens (tertiary/aromatic N) is 3. The van der Waals surface area contributed by atoms with Gasteiger partial charge >= 0.3 is 0 Å². The Morgan fingerprint density at radius 1 is 0.882 bits per heavy atom. The molecule has 6 heteroatoms. The largest absolute Gasteiger partial charge is 0.318 e. The van der Waals surface area contributed by atoms with Crippen LogP contribution >= 0.6 is 11.6 Å². The molecule has 2 aromatic carbocycles. The lowest BCUT2D eigenvalue weighted by molar-refractivity contribution is 0.0955. The molecule has 2 aromatic heterocycles. The lowest BCUT2D eigenvalue weighted by Crippen LogP contribution is -2.18. The molecule has 174 valence electrons. The molecule has 0 saturated heterocycles. The number of hydrazone groups is 1. The van der Waals surface area contributed by atoms with E-state index in [1.165, 1.54) is 5.56 Å². The molecule has 5 nitrogen and oxygen atoms in total. The minimum atomic E-state index is -0.352. The highest BCUT2D eigenvalue weighted by Gasteiger charge is 2.14. The summed E-state index contributed by atoms with van der Waals surface area (Å²) >= 11 is 6.34. The Kier molecular flexibility index (Phi) is 6.75. The summed E-state index contributed by atoms with van der Waals surface area (Å²) in [4.78, 5) is 12.9. The van der Waals surface area contributed by atoms with E-state index in [1.54, 1.807) is 18.3 Å². The Labute approximate surface area is 205 Å². The van der Waals surface area contributed by atoms with Gasteiger partial charge in [-0.25, -0.2) is 5.43 Å². The molecule has 0 saturated carbocycles. The van der Waals surface area contributed by atoms with Gasteiger partial charge in [-0.3, -0.25) is 4.79 Å². The highest BCUT2D eigenvalue weighted by atomic mass is 35.5. The second-order valence-corrected chi connectivity index (χ2v) is 8.90. The number of carbonyl (C=O) groups is 1. The number of benzene rings is 2. The molecule has 0 atom stereocenters. The highest BCUT2D eigenvalue weighted by Crippen LogP contribution is 2.23. The Morgan fingerprint density at radius 3 is 2.18 bits per heavy atom. The fourth-order valence-corrected chi connectivity index (χ4v) is 4.52. The van der Waals surface area contributed by atoms with Gasteiger partial charge in [0.15, 0.2) is 0 Å². The zero-order chi connectivity index (χ0) is 24.4. The topological polar surface area (TPSA) is 51.3 Å². The van der Waals surface area contributed by atoms with Crippen molar-refractivity contribution in [3.63, 3.8) is 0 Å². The summed E-state index contributed by atoms with van der Waals surface area (Å²) in [6, 6.07) is 20.1. The number of hydrogen-bond acceptors (Lipinski definition) is 2. The van der Waals surface area contributed by atoms with E-state index in [0.29, 0.717) is 10.6 Å². The van der Waals surface area contributed by atoms with E-state index in [2.05, 4.69) is 63.8 Å². The van der Waals surface area contributed by atoms with Gasteiger partial charge in [0, 0.05) is 39.7 Å². The van der Waals surface area contributed by atoms with E-state index in [1.807, 2.05) is 39.0 Å². The van der Waals surface area contributed by atoms with Crippen molar-refractivity contribution < 1.29 is 4.79 Å². The molecule has 4 rings (SSSR count). The normalized spacial score (nSPS) is 11.4. The smallest absolute Gasteiger partial charge is 0.272 e. The van der Waals surface area contributed by atoms with Crippen molar-refractivity contribution in [2.45, 2.75) is 41.0 Å². The van der Waals surface area contributed by atoms with Crippen LogP contribution in [0, 0.1) is 27.7 Å². The molecular formula is C28H29ClN4O. The van der Waals surface area contributed by atoms with Gasteiger partial charge in [-0.1, -0.05) is 30.7 Å². The van der Waals surface area contributed by atoms with Gasteiger partial charge in [-0.2, -0.15) is 5.10 Å². The fraction of sp³-hybridized carbons (Fsp3) is 0.214. The van der Waals surface area contributed by atoms with Gasteiger partial charge in [-0.05, 0) is 88.2 Å². The second kappa shape index (κ2) is 9.74. The standard InChI is InChI=1S/C28H29ClN4O/c1-6-22-9-11-24(12-10-22)33-20(4)15-23(21(33)5)17-30-31-28(34)26-16-25(13-14-27(26)29)32-18(2)7-8-19(32)3/h7-17H,6H2,1-5H3,(H,31,34). The molecule has 0 spiro atoms. The quantitative estimate of drug-likeness (QED) is 0.253. The van der Waals surface area contributed by atoms with Crippen molar-refractivity contribution in [3.8, 4) is 11.4 Å². The molecule has 0 fully saturated rings. The second-order valence-electron chi connectivity index (χ2n) is 8.50. The number of nitrogens with one attached hydrogen (secondary N) is 1. The van der Waals surface area contributed by atoms with Crippen LogP contribution in [-0.4, -0.2) is 21.3 Å². The van der Waals surface area contributed by atoms with Crippen molar-refractivity contribution in [2.75, 3.05) is 0 Å². The molecule has 0 aliphatic heterocycles. The van der Waals surface area contributed by atoms with Crippen molar-refractivity contribution in [2.24, 2.45) is 5.10 Å². The number of hydrogen-bond donors (Lipinski definition) is 1. The lowest BCUT2D eigenvalue weighted by Gasteiger charge is -2.12. The van der Waals surface area contributed by atoms with Gasteiger partial charge in [0.25, 0.3) is 5.91 Å². The maximum Gasteiger partial charge on any atom is 0.272 e. The summed E-state index contributed by atoms with van der Waals surface area (Å²) in [6.07, 6.45) is 2.69. The van der Waals surface area contributed by atoms with Gasteiger partial charge in [0.2, 0.25) is 0 Å². The first kappa shape index (κ1) is 23.6. The number of amides is 1. The van der Waals surface area contributed by atoms with Crippen LogP contribution in [0.2, 0.25) is 5.02 Å². The van der Waals surface area contributed by atoms with E-state index in [4.69, 9.17) is 11.6 Å². The Balaban J connectivity index is 1.54. The van der Waals surface area contributed by atoms with E-state index in [-0.39, 0.29) is 5.91 Å². The molecule has 1 amide bonds. The third kappa shape index (κ3) is 4.57. The van der Waals surface area contributed by atoms with E-state index < -0.39 is 0 Å². The first-order chi connectivity index (χ1) is 16.3. The average Bonchev–Trinajstić information content (AvgIpc) is 3.31. The van der Waals surface area contributed by atoms with E-state index in [9.17, 15) is 4.79 Å². The number of aryl methyl sites for hydroxylation is 4. The van der Waals surface area contributed by atoms with Crippen LogP contribution in [0.1, 0.15) is 51.2 Å². The highest BCUT2D eigenvalue weighted by molar-refractivity contribution is 6.33. The molecular weight excluding hydrogens is 444 g/mol. The number of halogens is 1. The molecule has 1 N–H and O–H groups in total. The Morgan fingerprint density at radius 2 is 1.53 bits per heavy atom. The van der Waals surface area contributed by atoms with E-state index >= 15 is 0 Å². The van der Waals surface area contributed by atoms with Gasteiger partial charge < -0.3 is 9.13 Å². The van der Waals surface area contributed by atoms with Gasteiger partial charge in [-0.15, -0.1) is 0 Å². The predicted octanol–water partition coefficient (Wildman–Crippen LogP) is 6.48. The summed E-state index contributed by atoms with van der Waals surface area (Å²) in [5.41, 5.74) is 11.6. The molecule has 2 heterocycles. The summed E-state index contributed by atoms with van der Waals surface area (Å²) < 4.78 is 4.27. The van der Waals surface area contributed by atoms with Gasteiger partial charge in [0.1, 0.15) is 0 Å². The molecule has 0 bridgehead atoms. The summed E-state index contributed by atoms with van der Waals surface area (Å²) in [5, 5.41) is 4.60. The average molecular weight is 473 g/mol. The molecule has 34 heavy (non-hydrogen) atoms. The minimum Gasteiger partial charge on any atom is -0.318 e. The monoisotopic (exact) mass is 472 g/mol. The van der Waals surface area contributed by atoms with Crippen molar-refractivity contribution in [1.82, 2.24) is 14.6 Å². The van der Waals surface area contributed by atoms with Crippen LogP contribution in [0.15, 0.2) is 65.8 Å². The minimum absolute atomic E-state index is 0.352. The maximum atomic E-state index is 12.9. The van der Waals surface area contributed by atoms with Crippen LogP contribution < -0.4 is 5.43 Å². The van der Waals surface area contributed by atoms with Crippen LogP contribution in [0.4, 0.5) is 0 Å². The Hall–Kier alpha value is -3.57. The van der Waals surface area contributed by atoms with Crippen LogP contribution in [0.3, 0.4) is 0 Å². The number of rotatable bonds is 6. The zero-order valence-electron chi connectivity index (χ0n) is 20.2. The first-order valence-corrected chi connectivity index (χ1v) is 11.7. The summed E-state index contributed by atoms with van der Waals surface area (Å²) in [7, 11) is 0. The first-order valence-electron chi connectivity index (χ1n) is 11.4. The molecule has 4 aromatic rings. The van der Waals surface area contributed by atoms with Crippen molar-refractivity contribution in [1.29, 1.82) is 0 Å². The number of aromatic nitrogens is 2. The SMILES string of the molecule is CCc1ccc(-n2c(C)cc(C=NNC(=O)c3cc(-n4c(C)ccc4C)ccc3Cl)c2C)cc1. The lowest BCUT2D eigenvalue weighted by atomic mass is 10.1. The third-order valence-electron chi connectivity index (χ3n) is 6.17. The van der Waals surface area contributed by atoms with Crippen LogP contribution in [-0.2, 0) is 6.42 Å². The van der Waals surface area contributed by atoms with Gasteiger partial charge in [0.05, 0.1) is 16.8 Å². The molecule has 0 aliphatic rings. The van der Waals surface area contributed by atoms with Crippen LogP contribution in [0.25, 0.3) is 11.4 Å². The molecule has 0 aliphatic carbocycles. The van der Waals surface area contributed by atoms with Crippen LogP contribution in [0.5, 0.6) is 0 Å². The zero-order valence-corrected chi connectivity index (χ0v) is 20.9.